The summed E-state index contributed by atoms with van der Waals surface area (Å²) in [5, 5.41) is 42.8. The third-order valence-corrected chi connectivity index (χ3v) is 8.10. The van der Waals surface area contributed by atoms with E-state index in [4.69, 9.17) is 25.7 Å². The number of anilines is 2. The van der Waals surface area contributed by atoms with Crippen LogP contribution in [0.3, 0.4) is 0 Å². The fourth-order valence-electron chi connectivity index (χ4n) is 5.71. The Kier molecular flexibility index (Phi) is 10.1. The number of hydrogen-bond acceptors (Lipinski definition) is 11. The van der Waals surface area contributed by atoms with Crippen molar-refractivity contribution in [1.29, 1.82) is 0 Å². The van der Waals surface area contributed by atoms with Crippen molar-refractivity contribution in [2.24, 2.45) is 0 Å². The molecule has 256 valence electrons. The number of ether oxygens (including phenoxy) is 3. The Morgan fingerprint density at radius 3 is 1.60 bits per heavy atom. The van der Waals surface area contributed by atoms with Gasteiger partial charge in [0.2, 0.25) is 11.7 Å². The predicted octanol–water partition coefficient (Wildman–Crippen LogP) is 5.65. The highest BCUT2D eigenvalue weighted by Crippen LogP contribution is 2.40. The number of carboxylic acids is 2. The van der Waals surface area contributed by atoms with Crippen LogP contribution >= 0.6 is 0 Å². The Morgan fingerprint density at radius 2 is 1.18 bits per heavy atom. The Labute approximate surface area is 285 Å². The number of fused-ring (bicyclic) bond motifs is 2. The summed E-state index contributed by atoms with van der Waals surface area (Å²) in [6.07, 6.45) is 2.10. The Balaban J connectivity index is 0.000000205. The van der Waals surface area contributed by atoms with Crippen LogP contribution in [0.15, 0.2) is 79.0 Å². The molecule has 8 N–H and O–H groups in total. The van der Waals surface area contributed by atoms with Crippen LogP contribution < -0.4 is 25.7 Å². The summed E-state index contributed by atoms with van der Waals surface area (Å²) in [4.78, 5) is 31.1. The molecule has 0 radical (unpaired) electrons. The Hall–Kier alpha value is -6.76. The third-order valence-electron chi connectivity index (χ3n) is 8.10. The van der Waals surface area contributed by atoms with Crippen molar-refractivity contribution in [2.75, 3.05) is 32.8 Å². The SMILES string of the molecule is COc1cc(Cc2cnc(N)nc2N)cc(OC)c1OC.O=C(O)c1cc2ccccc2c(Cc2c(O)c(C(=O)O)cc3ccccc23)c1O. The van der Waals surface area contributed by atoms with Gasteiger partial charge >= 0.3 is 11.9 Å². The second-order valence-corrected chi connectivity index (χ2v) is 11.1. The highest BCUT2D eigenvalue weighted by Gasteiger charge is 2.22. The molecule has 0 unspecified atom stereocenters. The second kappa shape index (κ2) is 14.6. The maximum Gasteiger partial charge on any atom is 0.339 e. The molecular weight excluding hydrogens is 644 g/mol. The molecule has 0 spiro atoms. The van der Waals surface area contributed by atoms with E-state index >= 15 is 0 Å². The smallest absolute Gasteiger partial charge is 0.339 e. The predicted molar refractivity (Wildman–Crippen MR) is 188 cm³/mol. The molecule has 0 aliphatic carbocycles. The van der Waals surface area contributed by atoms with Gasteiger partial charge in [-0.15, -0.1) is 0 Å². The molecule has 5 aromatic carbocycles. The number of nitrogens with two attached hydrogens (primary N) is 2. The number of hydrogen-bond donors (Lipinski definition) is 6. The molecular formula is C37H34N4O9. The summed E-state index contributed by atoms with van der Waals surface area (Å²) in [6.45, 7) is 0. The van der Waals surface area contributed by atoms with Crippen molar-refractivity contribution in [3.05, 3.63) is 112 Å². The van der Waals surface area contributed by atoms with Crippen LogP contribution in [0.25, 0.3) is 21.5 Å². The molecule has 13 heteroatoms. The summed E-state index contributed by atoms with van der Waals surface area (Å²) in [6, 6.07) is 20.5. The molecule has 6 rings (SSSR count). The standard InChI is InChI=1S/C23H16O6.C14H18N4O3/c24-20-16(14-7-3-1-5-12(14)9-18(20)22(26)27)11-17-15-8-4-2-6-13(15)10-19(21(17)25)23(28)29;1-19-10-5-8(6-11(20-2)12(10)21-3)4-9-7-17-14(16)18-13(9)15/h1-10,24-25H,11H2,(H,26,27)(H,28,29);5-7H,4H2,1-3H3,(H4,15,16,17,18). The number of benzene rings is 5. The zero-order valence-corrected chi connectivity index (χ0v) is 27.3. The van der Waals surface area contributed by atoms with Gasteiger partial charge in [0.25, 0.3) is 0 Å². The van der Waals surface area contributed by atoms with Crippen LogP contribution in [0.1, 0.15) is 43.0 Å². The molecule has 50 heavy (non-hydrogen) atoms. The monoisotopic (exact) mass is 678 g/mol. The molecule has 0 fully saturated rings. The van der Waals surface area contributed by atoms with Crippen molar-refractivity contribution < 1.29 is 44.2 Å². The van der Waals surface area contributed by atoms with Gasteiger partial charge in [-0.2, -0.15) is 4.98 Å². The minimum Gasteiger partial charge on any atom is -0.507 e. The van der Waals surface area contributed by atoms with Gasteiger partial charge in [0, 0.05) is 35.7 Å². The normalized spacial score (nSPS) is 10.7. The van der Waals surface area contributed by atoms with Crippen LogP contribution in [0.2, 0.25) is 0 Å². The average Bonchev–Trinajstić information content (AvgIpc) is 3.10. The van der Waals surface area contributed by atoms with E-state index in [0.717, 1.165) is 11.1 Å². The number of aromatic carboxylic acids is 2. The molecule has 13 nitrogen and oxygen atoms in total. The molecule has 0 amide bonds. The van der Waals surface area contributed by atoms with Crippen LogP contribution in [0.5, 0.6) is 28.7 Å². The molecule has 0 aliphatic rings. The first-order valence-corrected chi connectivity index (χ1v) is 15.1. The van der Waals surface area contributed by atoms with Crippen molar-refractivity contribution in [2.45, 2.75) is 12.8 Å². The van der Waals surface area contributed by atoms with Gasteiger partial charge in [-0.3, -0.25) is 0 Å². The van der Waals surface area contributed by atoms with Gasteiger partial charge < -0.3 is 46.1 Å². The third kappa shape index (κ3) is 6.92. The molecule has 0 aliphatic heterocycles. The zero-order chi connectivity index (χ0) is 36.1. The van der Waals surface area contributed by atoms with Gasteiger partial charge in [-0.1, -0.05) is 48.5 Å². The quantitative estimate of drug-likeness (QED) is 0.109. The maximum atomic E-state index is 11.6. The topological polar surface area (TPSA) is 221 Å². The van der Waals surface area contributed by atoms with E-state index in [2.05, 4.69) is 9.97 Å². The number of nitrogen functional groups attached to an aromatic ring is 2. The maximum absolute atomic E-state index is 11.6. The van der Waals surface area contributed by atoms with Crippen LogP contribution in [0, 0.1) is 0 Å². The first-order valence-electron chi connectivity index (χ1n) is 15.1. The summed E-state index contributed by atoms with van der Waals surface area (Å²) >= 11 is 0. The van der Waals surface area contributed by atoms with Crippen molar-refractivity contribution in [3.63, 3.8) is 0 Å². The van der Waals surface area contributed by atoms with Crippen LogP contribution in [-0.2, 0) is 12.8 Å². The van der Waals surface area contributed by atoms with Gasteiger partial charge in [-0.05, 0) is 51.4 Å². The van der Waals surface area contributed by atoms with Crippen molar-refractivity contribution >= 4 is 45.2 Å². The summed E-state index contributed by atoms with van der Waals surface area (Å²) in [5.74, 6) is -1.13. The Bertz CT molecular complexity index is 2130. The molecule has 0 bridgehead atoms. The lowest BCUT2D eigenvalue weighted by Crippen LogP contribution is -2.04. The first-order chi connectivity index (χ1) is 24.0. The van der Waals surface area contributed by atoms with Crippen LogP contribution in [0.4, 0.5) is 11.8 Å². The largest absolute Gasteiger partial charge is 0.507 e. The first kappa shape index (κ1) is 34.6. The summed E-state index contributed by atoms with van der Waals surface area (Å²) in [7, 11) is 4.70. The number of nitrogens with zero attached hydrogens (tertiary/aromatic N) is 2. The number of carbonyl (C=O) groups is 2. The minimum absolute atomic E-state index is 0.0407. The summed E-state index contributed by atoms with van der Waals surface area (Å²) < 4.78 is 15.9. The number of aromatic hydroxyl groups is 2. The highest BCUT2D eigenvalue weighted by atomic mass is 16.5. The number of rotatable bonds is 9. The molecule has 6 aromatic rings. The van der Waals surface area contributed by atoms with E-state index in [1.807, 2.05) is 12.1 Å². The van der Waals surface area contributed by atoms with E-state index in [-0.39, 0.29) is 23.5 Å². The van der Waals surface area contributed by atoms with Crippen molar-refractivity contribution in [3.8, 4) is 28.7 Å². The minimum atomic E-state index is -1.28. The fourth-order valence-corrected chi connectivity index (χ4v) is 5.71. The van der Waals surface area contributed by atoms with E-state index < -0.39 is 23.4 Å². The van der Waals surface area contributed by atoms with E-state index in [1.54, 1.807) is 76.1 Å². The van der Waals surface area contributed by atoms with Gasteiger partial charge in [0.15, 0.2) is 11.5 Å². The lowest BCUT2D eigenvalue weighted by atomic mass is 9.90. The number of aromatic nitrogens is 2. The molecule has 0 saturated heterocycles. The number of phenols is 2. The highest BCUT2D eigenvalue weighted by molar-refractivity contribution is 6.02. The summed E-state index contributed by atoms with van der Waals surface area (Å²) in [5.41, 5.74) is 13.2. The van der Waals surface area contributed by atoms with Gasteiger partial charge in [-0.25, -0.2) is 14.6 Å². The zero-order valence-electron chi connectivity index (χ0n) is 27.3. The number of carboxylic acid groups (broad SMARTS) is 2. The molecule has 1 aromatic heterocycles. The second-order valence-electron chi connectivity index (χ2n) is 11.1. The lowest BCUT2D eigenvalue weighted by molar-refractivity contribution is 0.0682. The van der Waals surface area contributed by atoms with Crippen LogP contribution in [-0.4, -0.2) is 63.7 Å². The van der Waals surface area contributed by atoms with Crippen molar-refractivity contribution in [1.82, 2.24) is 9.97 Å². The molecule has 1 heterocycles. The fraction of sp³-hybridized carbons (Fsp3) is 0.135. The lowest BCUT2D eigenvalue weighted by Gasteiger charge is -2.16. The van der Waals surface area contributed by atoms with E-state index in [9.17, 15) is 30.0 Å². The molecule has 0 saturated carbocycles. The Morgan fingerprint density at radius 1 is 0.700 bits per heavy atom. The number of methoxy groups -OCH3 is 3. The average molecular weight is 679 g/mol. The molecule has 0 atom stereocenters. The van der Waals surface area contributed by atoms with E-state index in [0.29, 0.717) is 62.2 Å². The van der Waals surface area contributed by atoms with Gasteiger partial charge in [0.1, 0.15) is 28.4 Å². The van der Waals surface area contributed by atoms with Gasteiger partial charge in [0.05, 0.1) is 21.3 Å². The van der Waals surface area contributed by atoms with E-state index in [1.165, 1.54) is 12.1 Å².